The van der Waals surface area contributed by atoms with Crippen molar-refractivity contribution in [3.8, 4) is 0 Å². The van der Waals surface area contributed by atoms with E-state index < -0.39 is 0 Å². The highest BCUT2D eigenvalue weighted by molar-refractivity contribution is 5.00. The Balaban J connectivity index is 1.84. The van der Waals surface area contributed by atoms with Crippen molar-refractivity contribution in [1.82, 2.24) is 10.2 Å². The van der Waals surface area contributed by atoms with Gasteiger partial charge in [0, 0.05) is 25.2 Å². The summed E-state index contributed by atoms with van der Waals surface area (Å²) in [7, 11) is 0. The number of hydrogen-bond acceptors (Lipinski definition) is 2. The highest BCUT2D eigenvalue weighted by Gasteiger charge is 2.42. The molecule has 3 rings (SSSR count). The van der Waals surface area contributed by atoms with Crippen molar-refractivity contribution in [3.05, 3.63) is 0 Å². The van der Waals surface area contributed by atoms with Gasteiger partial charge in [0.05, 0.1) is 0 Å². The third kappa shape index (κ3) is 0.944. The zero-order valence-corrected chi connectivity index (χ0v) is 7.63. The van der Waals surface area contributed by atoms with Crippen LogP contribution in [0.4, 0.5) is 0 Å². The van der Waals surface area contributed by atoms with Gasteiger partial charge in [-0.15, -0.1) is 0 Å². The van der Waals surface area contributed by atoms with Crippen molar-refractivity contribution in [1.29, 1.82) is 0 Å². The Morgan fingerprint density at radius 2 is 2.08 bits per heavy atom. The van der Waals surface area contributed by atoms with Crippen LogP contribution >= 0.6 is 0 Å². The molecule has 0 aromatic carbocycles. The molecule has 0 aromatic heterocycles. The largest absolute Gasteiger partial charge is 0.311 e. The van der Waals surface area contributed by atoms with Gasteiger partial charge >= 0.3 is 0 Å². The maximum absolute atomic E-state index is 3.68. The van der Waals surface area contributed by atoms with Gasteiger partial charge in [0.25, 0.3) is 0 Å². The molecule has 1 saturated carbocycles. The molecule has 3 fully saturated rings. The third-order valence-corrected chi connectivity index (χ3v) is 4.00. The first-order valence-corrected chi connectivity index (χ1v) is 5.42. The molecule has 2 saturated heterocycles. The van der Waals surface area contributed by atoms with Crippen molar-refractivity contribution >= 4 is 0 Å². The second kappa shape index (κ2) is 2.71. The van der Waals surface area contributed by atoms with Gasteiger partial charge in [-0.3, -0.25) is 4.90 Å². The lowest BCUT2D eigenvalue weighted by atomic mass is 9.81. The normalized spacial score (nSPS) is 47.5. The fraction of sp³-hybridized carbons (Fsp3) is 1.00. The minimum absolute atomic E-state index is 0.847. The van der Waals surface area contributed by atoms with E-state index in [0.29, 0.717) is 0 Å². The molecule has 2 aliphatic heterocycles. The van der Waals surface area contributed by atoms with E-state index >= 15 is 0 Å². The molecule has 0 spiro atoms. The van der Waals surface area contributed by atoms with Crippen LogP contribution in [0.3, 0.4) is 0 Å². The van der Waals surface area contributed by atoms with E-state index in [-0.39, 0.29) is 0 Å². The first-order chi connectivity index (χ1) is 5.95. The average molecular weight is 166 g/mol. The van der Waals surface area contributed by atoms with Gasteiger partial charge in [-0.2, -0.15) is 0 Å². The molecule has 68 valence electrons. The zero-order valence-electron chi connectivity index (χ0n) is 7.63. The lowest BCUT2D eigenvalue weighted by molar-refractivity contribution is 0.106. The van der Waals surface area contributed by atoms with E-state index in [2.05, 4.69) is 10.2 Å². The summed E-state index contributed by atoms with van der Waals surface area (Å²) >= 11 is 0. The number of piperazine rings is 1. The van der Waals surface area contributed by atoms with Gasteiger partial charge in [-0.1, -0.05) is 6.42 Å². The molecule has 3 aliphatic rings. The molecule has 0 amide bonds. The lowest BCUT2D eigenvalue weighted by Crippen LogP contribution is -2.58. The smallest absolute Gasteiger partial charge is 0.0278 e. The molecule has 2 heterocycles. The molecule has 3 atom stereocenters. The van der Waals surface area contributed by atoms with Crippen LogP contribution in [0, 0.1) is 5.92 Å². The highest BCUT2D eigenvalue weighted by atomic mass is 15.3. The molecule has 0 aromatic rings. The Morgan fingerprint density at radius 1 is 1.08 bits per heavy atom. The van der Waals surface area contributed by atoms with Crippen molar-refractivity contribution in [2.45, 2.75) is 37.8 Å². The van der Waals surface area contributed by atoms with Crippen LogP contribution in [0.25, 0.3) is 0 Å². The van der Waals surface area contributed by atoms with E-state index in [1.807, 2.05) is 0 Å². The zero-order chi connectivity index (χ0) is 7.97. The minimum Gasteiger partial charge on any atom is -0.311 e. The monoisotopic (exact) mass is 166 g/mol. The van der Waals surface area contributed by atoms with Gasteiger partial charge in [-0.25, -0.2) is 0 Å². The Hall–Kier alpha value is -0.0800. The summed E-state index contributed by atoms with van der Waals surface area (Å²) in [5.41, 5.74) is 0. The maximum Gasteiger partial charge on any atom is 0.0278 e. The van der Waals surface area contributed by atoms with Gasteiger partial charge < -0.3 is 5.32 Å². The number of nitrogens with one attached hydrogen (secondary N) is 1. The summed E-state index contributed by atoms with van der Waals surface area (Å²) in [6.45, 7) is 3.92. The summed E-state index contributed by atoms with van der Waals surface area (Å²) in [6.07, 6.45) is 5.87. The van der Waals surface area contributed by atoms with Crippen LogP contribution in [0.2, 0.25) is 0 Å². The van der Waals surface area contributed by atoms with Gasteiger partial charge in [0.2, 0.25) is 0 Å². The topological polar surface area (TPSA) is 15.3 Å². The first kappa shape index (κ1) is 7.34. The molecule has 2 nitrogen and oxygen atoms in total. The predicted octanol–water partition coefficient (Wildman–Crippen LogP) is 0.833. The second-order valence-corrected chi connectivity index (χ2v) is 4.57. The molecule has 12 heavy (non-hydrogen) atoms. The minimum atomic E-state index is 0.847. The third-order valence-electron chi connectivity index (χ3n) is 4.00. The molecular weight excluding hydrogens is 148 g/mol. The van der Waals surface area contributed by atoms with Gasteiger partial charge in [0.1, 0.15) is 0 Å². The fourth-order valence-electron chi connectivity index (χ4n) is 3.50. The van der Waals surface area contributed by atoms with E-state index in [4.69, 9.17) is 0 Å². The number of rotatable bonds is 0. The van der Waals surface area contributed by atoms with E-state index in [1.165, 1.54) is 45.3 Å². The molecular formula is C10H18N2. The van der Waals surface area contributed by atoms with Crippen LogP contribution in [-0.2, 0) is 0 Å². The Morgan fingerprint density at radius 3 is 3.08 bits per heavy atom. The number of hydrogen-bond donors (Lipinski definition) is 1. The Kier molecular flexibility index (Phi) is 1.66. The van der Waals surface area contributed by atoms with Crippen molar-refractivity contribution in [2.24, 2.45) is 5.92 Å². The molecule has 3 unspecified atom stereocenters. The van der Waals surface area contributed by atoms with Crippen molar-refractivity contribution in [3.63, 3.8) is 0 Å². The molecule has 0 bridgehead atoms. The van der Waals surface area contributed by atoms with Crippen LogP contribution in [0.15, 0.2) is 0 Å². The Bertz CT molecular complexity index is 163. The van der Waals surface area contributed by atoms with Crippen LogP contribution < -0.4 is 5.32 Å². The summed E-state index contributed by atoms with van der Waals surface area (Å²) in [6, 6.07) is 1.77. The molecule has 1 aliphatic carbocycles. The fourth-order valence-corrected chi connectivity index (χ4v) is 3.50. The SMILES string of the molecule is C1CC2CCN3CCNC(C1)C23. The maximum atomic E-state index is 3.68. The van der Waals surface area contributed by atoms with Crippen LogP contribution in [-0.4, -0.2) is 36.6 Å². The van der Waals surface area contributed by atoms with Gasteiger partial charge in [0.15, 0.2) is 0 Å². The highest BCUT2D eigenvalue weighted by Crippen LogP contribution is 2.37. The quantitative estimate of drug-likeness (QED) is 0.573. The summed E-state index contributed by atoms with van der Waals surface area (Å²) < 4.78 is 0. The molecule has 1 N–H and O–H groups in total. The number of nitrogens with zero attached hydrogens (tertiary/aromatic N) is 1. The van der Waals surface area contributed by atoms with Crippen molar-refractivity contribution in [2.75, 3.05) is 19.6 Å². The first-order valence-electron chi connectivity index (χ1n) is 5.42. The van der Waals surface area contributed by atoms with Gasteiger partial charge in [-0.05, 0) is 31.7 Å². The predicted molar refractivity (Wildman–Crippen MR) is 49.1 cm³/mol. The van der Waals surface area contributed by atoms with Crippen LogP contribution in [0.5, 0.6) is 0 Å². The van der Waals surface area contributed by atoms with Crippen molar-refractivity contribution < 1.29 is 0 Å². The van der Waals surface area contributed by atoms with E-state index in [1.54, 1.807) is 0 Å². The summed E-state index contributed by atoms with van der Waals surface area (Å²) in [5.74, 6) is 1.04. The van der Waals surface area contributed by atoms with E-state index in [0.717, 1.165) is 18.0 Å². The summed E-state index contributed by atoms with van der Waals surface area (Å²) in [4.78, 5) is 2.73. The average Bonchev–Trinajstić information content (AvgIpc) is 2.52. The van der Waals surface area contributed by atoms with E-state index in [9.17, 15) is 0 Å². The lowest BCUT2D eigenvalue weighted by Gasteiger charge is -2.43. The second-order valence-electron chi connectivity index (χ2n) is 4.57. The summed E-state index contributed by atoms with van der Waals surface area (Å²) in [5, 5.41) is 3.68. The molecule has 2 heteroatoms. The standard InChI is InChI=1S/C10H18N2/c1-2-8-4-6-12-7-5-11-9(3-1)10(8)12/h8-11H,1-7H2. The molecule has 0 radical (unpaired) electrons. The Labute approximate surface area is 74.3 Å². The van der Waals surface area contributed by atoms with Crippen LogP contribution in [0.1, 0.15) is 25.7 Å².